The van der Waals surface area contributed by atoms with E-state index >= 15 is 0 Å². The molecular formula is C22H25N4O3+. The van der Waals surface area contributed by atoms with Crippen molar-refractivity contribution in [2.24, 2.45) is 0 Å². The van der Waals surface area contributed by atoms with Crippen LogP contribution in [0.15, 0.2) is 66.9 Å². The number of quaternary nitrogens is 1. The molecule has 4 atom stereocenters. The maximum absolute atomic E-state index is 6.11. The van der Waals surface area contributed by atoms with Crippen LogP contribution in [0.2, 0.25) is 0 Å². The summed E-state index contributed by atoms with van der Waals surface area (Å²) in [4.78, 5) is 0. The lowest BCUT2D eigenvalue weighted by Crippen LogP contribution is -2.91. The standard InChI is InChI=1S/C22H24N4O3/c1-3-7-16(8-4-1)11-23-19-14-28-22-20(15-29-21(19)22)26-12-17(24-25-26)13-27-18-9-5-2-6-10-18/h1-10,12,19-23H,11,13-15H2/p+1/t19-,20-,21+,22+/m0/s1. The zero-order valence-electron chi connectivity index (χ0n) is 16.1. The molecule has 0 saturated carbocycles. The fourth-order valence-electron chi connectivity index (χ4n) is 4.05. The van der Waals surface area contributed by atoms with Gasteiger partial charge in [-0.05, 0) is 12.1 Å². The van der Waals surface area contributed by atoms with E-state index in [9.17, 15) is 0 Å². The second-order valence-corrected chi connectivity index (χ2v) is 7.54. The number of rotatable bonds is 7. The van der Waals surface area contributed by atoms with Gasteiger partial charge in [0.05, 0.1) is 12.8 Å². The average Bonchev–Trinajstić information content (AvgIpc) is 3.49. The first-order valence-electron chi connectivity index (χ1n) is 10.1. The van der Waals surface area contributed by atoms with Crippen LogP contribution in [0, 0.1) is 0 Å². The Morgan fingerprint density at radius 2 is 1.72 bits per heavy atom. The number of nitrogens with zero attached hydrogens (tertiary/aromatic N) is 3. The molecule has 0 amide bonds. The van der Waals surface area contributed by atoms with Gasteiger partial charge < -0.3 is 19.5 Å². The number of hydrogen-bond acceptors (Lipinski definition) is 5. The number of benzene rings is 2. The van der Waals surface area contributed by atoms with Crippen molar-refractivity contribution in [3.05, 3.63) is 78.1 Å². The molecule has 0 radical (unpaired) electrons. The van der Waals surface area contributed by atoms with E-state index in [1.807, 2.05) is 47.3 Å². The molecule has 2 saturated heterocycles. The Bertz CT molecular complexity index is 918. The lowest BCUT2D eigenvalue weighted by atomic mass is 10.1. The second-order valence-electron chi connectivity index (χ2n) is 7.54. The monoisotopic (exact) mass is 393 g/mol. The van der Waals surface area contributed by atoms with Crippen molar-refractivity contribution in [1.82, 2.24) is 15.0 Å². The summed E-state index contributed by atoms with van der Waals surface area (Å²) in [6, 6.07) is 20.6. The molecule has 3 heterocycles. The first-order valence-corrected chi connectivity index (χ1v) is 10.1. The number of para-hydroxylation sites is 1. The molecule has 2 aromatic carbocycles. The van der Waals surface area contributed by atoms with Gasteiger partial charge in [0, 0.05) is 5.56 Å². The maximum Gasteiger partial charge on any atom is 0.140 e. The molecule has 5 rings (SSSR count). The minimum absolute atomic E-state index is 0.0108. The summed E-state index contributed by atoms with van der Waals surface area (Å²) in [6.45, 7) is 2.60. The van der Waals surface area contributed by atoms with Crippen LogP contribution in [-0.2, 0) is 22.6 Å². The van der Waals surface area contributed by atoms with Gasteiger partial charge in [-0.3, -0.25) is 0 Å². The van der Waals surface area contributed by atoms with Gasteiger partial charge >= 0.3 is 0 Å². The van der Waals surface area contributed by atoms with Crippen molar-refractivity contribution >= 4 is 0 Å². The van der Waals surface area contributed by atoms with E-state index in [1.54, 1.807) is 0 Å². The fraction of sp³-hybridized carbons (Fsp3) is 0.364. The average molecular weight is 393 g/mol. The fourth-order valence-corrected chi connectivity index (χ4v) is 4.05. The third kappa shape index (κ3) is 4.03. The highest BCUT2D eigenvalue weighted by Crippen LogP contribution is 2.32. The van der Waals surface area contributed by atoms with Gasteiger partial charge in [-0.2, -0.15) is 0 Å². The van der Waals surface area contributed by atoms with Crippen LogP contribution in [0.3, 0.4) is 0 Å². The van der Waals surface area contributed by atoms with E-state index in [0.717, 1.165) is 18.0 Å². The van der Waals surface area contributed by atoms with Crippen LogP contribution in [0.1, 0.15) is 17.3 Å². The number of nitrogens with two attached hydrogens (primary N) is 1. The second kappa shape index (κ2) is 8.32. The van der Waals surface area contributed by atoms with E-state index in [2.05, 4.69) is 39.9 Å². The molecule has 7 nitrogen and oxygen atoms in total. The van der Waals surface area contributed by atoms with E-state index < -0.39 is 0 Å². The zero-order valence-corrected chi connectivity index (χ0v) is 16.1. The van der Waals surface area contributed by atoms with Crippen LogP contribution in [0.5, 0.6) is 5.75 Å². The summed E-state index contributed by atoms with van der Waals surface area (Å²) in [5.41, 5.74) is 2.10. The normalized spacial score (nSPS) is 25.8. The highest BCUT2D eigenvalue weighted by atomic mass is 16.6. The molecule has 2 fully saturated rings. The van der Waals surface area contributed by atoms with Crippen molar-refractivity contribution in [2.45, 2.75) is 37.4 Å². The van der Waals surface area contributed by atoms with Crippen molar-refractivity contribution < 1.29 is 19.5 Å². The van der Waals surface area contributed by atoms with E-state index in [0.29, 0.717) is 25.9 Å². The molecule has 2 aliphatic rings. The molecule has 2 N–H and O–H groups in total. The Labute approximate surface area is 169 Å². The Hall–Kier alpha value is -2.74. The van der Waals surface area contributed by atoms with Gasteiger partial charge in [0.2, 0.25) is 0 Å². The molecule has 0 unspecified atom stereocenters. The first-order chi connectivity index (χ1) is 14.4. The first kappa shape index (κ1) is 18.3. The molecule has 7 heteroatoms. The molecule has 3 aromatic rings. The van der Waals surface area contributed by atoms with Gasteiger partial charge in [0.25, 0.3) is 0 Å². The summed E-state index contributed by atoms with van der Waals surface area (Å²) in [7, 11) is 0. The van der Waals surface area contributed by atoms with Gasteiger partial charge in [-0.15, -0.1) is 5.10 Å². The van der Waals surface area contributed by atoms with Crippen LogP contribution in [0.25, 0.3) is 0 Å². The van der Waals surface area contributed by atoms with Crippen LogP contribution >= 0.6 is 0 Å². The topological polar surface area (TPSA) is 75.0 Å². The number of ether oxygens (including phenoxy) is 3. The zero-order chi connectivity index (χ0) is 19.5. The summed E-state index contributed by atoms with van der Waals surface area (Å²) < 4.78 is 19.8. The number of hydrogen-bond donors (Lipinski definition) is 1. The summed E-state index contributed by atoms with van der Waals surface area (Å²) in [6.07, 6.45) is 2.03. The smallest absolute Gasteiger partial charge is 0.140 e. The third-order valence-electron chi connectivity index (χ3n) is 5.59. The molecule has 29 heavy (non-hydrogen) atoms. The predicted molar refractivity (Wildman–Crippen MR) is 105 cm³/mol. The molecule has 150 valence electrons. The molecule has 0 spiro atoms. The van der Waals surface area contributed by atoms with Gasteiger partial charge in [-0.25, -0.2) is 4.68 Å². The molecule has 0 aliphatic carbocycles. The Morgan fingerprint density at radius 1 is 0.966 bits per heavy atom. The largest absolute Gasteiger partial charge is 0.487 e. The molecule has 0 bridgehead atoms. The Balaban J connectivity index is 1.18. The van der Waals surface area contributed by atoms with Crippen LogP contribution in [0.4, 0.5) is 0 Å². The quantitative estimate of drug-likeness (QED) is 0.656. The van der Waals surface area contributed by atoms with Gasteiger partial charge in [0.1, 0.15) is 55.5 Å². The highest BCUT2D eigenvalue weighted by Gasteiger charge is 2.50. The predicted octanol–water partition coefficient (Wildman–Crippen LogP) is 1.33. The van der Waals surface area contributed by atoms with E-state index in [1.165, 1.54) is 5.56 Å². The SMILES string of the molecule is c1ccc(C[NH2+][C@H]2CO[C@H]3[C@@H]2OC[C@@H]3n2cc(COc3ccccc3)nn2)cc1. The minimum atomic E-state index is 0.0108. The summed E-state index contributed by atoms with van der Waals surface area (Å²) in [5.74, 6) is 0.822. The summed E-state index contributed by atoms with van der Waals surface area (Å²) >= 11 is 0. The maximum atomic E-state index is 6.11. The van der Waals surface area contributed by atoms with Crippen LogP contribution in [-0.4, -0.2) is 46.5 Å². The lowest BCUT2D eigenvalue weighted by molar-refractivity contribution is -0.707. The van der Waals surface area contributed by atoms with Crippen molar-refractivity contribution in [1.29, 1.82) is 0 Å². The van der Waals surface area contributed by atoms with E-state index in [-0.39, 0.29) is 18.2 Å². The Morgan fingerprint density at radius 3 is 2.55 bits per heavy atom. The molecular weight excluding hydrogens is 368 g/mol. The van der Waals surface area contributed by atoms with E-state index in [4.69, 9.17) is 14.2 Å². The minimum Gasteiger partial charge on any atom is -0.487 e. The lowest BCUT2D eigenvalue weighted by Gasteiger charge is -2.15. The number of aromatic nitrogens is 3. The summed E-state index contributed by atoms with van der Waals surface area (Å²) in [5, 5.41) is 10.9. The van der Waals surface area contributed by atoms with Crippen LogP contribution < -0.4 is 10.1 Å². The Kier molecular flexibility index (Phi) is 5.25. The highest BCUT2D eigenvalue weighted by molar-refractivity contribution is 5.21. The van der Waals surface area contributed by atoms with Gasteiger partial charge in [-0.1, -0.05) is 53.7 Å². The van der Waals surface area contributed by atoms with Crippen molar-refractivity contribution in [3.8, 4) is 5.75 Å². The third-order valence-corrected chi connectivity index (χ3v) is 5.59. The molecule has 1 aromatic heterocycles. The molecule has 2 aliphatic heterocycles. The number of fused-ring (bicyclic) bond motifs is 1. The van der Waals surface area contributed by atoms with Gasteiger partial charge in [0.15, 0.2) is 0 Å². The van der Waals surface area contributed by atoms with Crippen molar-refractivity contribution in [2.75, 3.05) is 13.2 Å². The van der Waals surface area contributed by atoms with Crippen molar-refractivity contribution in [3.63, 3.8) is 0 Å².